The molecule has 0 unspecified atom stereocenters. The molecule has 0 aromatic carbocycles. The van der Waals surface area contributed by atoms with Gasteiger partial charge in [0.05, 0.1) is 23.5 Å². The lowest BCUT2D eigenvalue weighted by atomic mass is 10.2. The molecule has 0 aliphatic rings. The van der Waals surface area contributed by atoms with Gasteiger partial charge in [-0.3, -0.25) is 0 Å². The molecule has 0 aliphatic heterocycles. The molecule has 0 amide bonds. The predicted octanol–water partition coefficient (Wildman–Crippen LogP) is 4.84. The summed E-state index contributed by atoms with van der Waals surface area (Å²) >= 11 is 0. The van der Waals surface area contributed by atoms with Crippen molar-refractivity contribution >= 4 is 23.3 Å². The second kappa shape index (κ2) is 7.76. The van der Waals surface area contributed by atoms with Gasteiger partial charge < -0.3 is 9.80 Å². The predicted molar refractivity (Wildman–Crippen MR) is 96.6 cm³/mol. The summed E-state index contributed by atoms with van der Waals surface area (Å²) in [6, 6.07) is 3.44. The first-order valence-electron chi connectivity index (χ1n) is 8.33. The number of rotatable bonds is 4. The van der Waals surface area contributed by atoms with Gasteiger partial charge in [0.2, 0.25) is 0 Å². The number of hydrogen-bond donors (Lipinski definition) is 0. The van der Waals surface area contributed by atoms with Gasteiger partial charge in [-0.05, 0) is 24.3 Å². The van der Waals surface area contributed by atoms with Crippen LogP contribution in [0.1, 0.15) is 11.1 Å². The summed E-state index contributed by atoms with van der Waals surface area (Å²) in [6.07, 6.45) is -4.45. The van der Waals surface area contributed by atoms with Crippen LogP contribution in [-0.2, 0) is 12.4 Å². The van der Waals surface area contributed by atoms with Crippen LogP contribution in [0.4, 0.5) is 49.6 Å². The number of halogens is 6. The van der Waals surface area contributed by atoms with Crippen LogP contribution in [0.25, 0.3) is 0 Å². The summed E-state index contributed by atoms with van der Waals surface area (Å²) < 4.78 is 77.3. The van der Waals surface area contributed by atoms with E-state index < -0.39 is 23.5 Å². The molecule has 0 atom stereocenters. The molecule has 3 aromatic heterocycles. The monoisotopic (exact) mass is 428 g/mol. The Morgan fingerprint density at radius 2 is 0.967 bits per heavy atom. The van der Waals surface area contributed by atoms with Crippen molar-refractivity contribution in [3.8, 4) is 0 Å². The molecular formula is C18H14F6N6. The number of anilines is 4. The van der Waals surface area contributed by atoms with Crippen molar-refractivity contribution in [1.82, 2.24) is 19.9 Å². The van der Waals surface area contributed by atoms with Crippen molar-refractivity contribution in [2.45, 2.75) is 12.4 Å². The van der Waals surface area contributed by atoms with E-state index in [1.165, 1.54) is 36.3 Å². The summed E-state index contributed by atoms with van der Waals surface area (Å²) in [5.41, 5.74) is -1.72. The standard InChI is InChI=1S/C18H14F6N6/c1-29(13-7-11(3-5-25-13)17(19,20)21)15-9-28-16(10-27-15)30(2)14-8-12(4-6-26-14)18(22,23)24/h3-10H,1-2H3. The molecule has 0 spiro atoms. The van der Waals surface area contributed by atoms with Gasteiger partial charge in [0.1, 0.15) is 11.6 Å². The Balaban J connectivity index is 1.83. The fraction of sp³-hybridized carbons (Fsp3) is 0.222. The van der Waals surface area contributed by atoms with Gasteiger partial charge in [-0.15, -0.1) is 0 Å². The molecular weight excluding hydrogens is 414 g/mol. The molecule has 0 radical (unpaired) electrons. The van der Waals surface area contributed by atoms with Crippen LogP contribution in [0.3, 0.4) is 0 Å². The highest BCUT2D eigenvalue weighted by Gasteiger charge is 2.32. The molecule has 158 valence electrons. The lowest BCUT2D eigenvalue weighted by Gasteiger charge is -2.21. The third kappa shape index (κ3) is 4.58. The summed E-state index contributed by atoms with van der Waals surface area (Å²) in [6.45, 7) is 0. The van der Waals surface area contributed by atoms with E-state index in [0.717, 1.165) is 36.7 Å². The van der Waals surface area contributed by atoms with Crippen LogP contribution in [0.5, 0.6) is 0 Å². The molecule has 0 saturated carbocycles. The van der Waals surface area contributed by atoms with E-state index in [1.807, 2.05) is 0 Å². The van der Waals surface area contributed by atoms with E-state index in [1.54, 1.807) is 0 Å². The Bertz CT molecular complexity index is 936. The first-order valence-corrected chi connectivity index (χ1v) is 8.33. The Morgan fingerprint density at radius 3 is 1.27 bits per heavy atom. The maximum Gasteiger partial charge on any atom is 0.416 e. The highest BCUT2D eigenvalue weighted by atomic mass is 19.4. The summed E-state index contributed by atoms with van der Waals surface area (Å²) in [4.78, 5) is 18.6. The Hall–Kier alpha value is -3.44. The van der Waals surface area contributed by atoms with Crippen molar-refractivity contribution in [1.29, 1.82) is 0 Å². The van der Waals surface area contributed by atoms with Crippen LogP contribution < -0.4 is 9.80 Å². The van der Waals surface area contributed by atoms with Gasteiger partial charge in [-0.25, -0.2) is 19.9 Å². The van der Waals surface area contributed by atoms with E-state index in [-0.39, 0.29) is 23.3 Å². The average Bonchev–Trinajstić information content (AvgIpc) is 2.72. The fourth-order valence-corrected chi connectivity index (χ4v) is 2.45. The normalized spacial score (nSPS) is 12.0. The van der Waals surface area contributed by atoms with Gasteiger partial charge in [0.25, 0.3) is 0 Å². The number of hydrogen-bond acceptors (Lipinski definition) is 6. The highest BCUT2D eigenvalue weighted by molar-refractivity contribution is 5.59. The molecule has 0 aliphatic carbocycles. The van der Waals surface area contributed by atoms with Crippen molar-refractivity contribution in [2.75, 3.05) is 23.9 Å². The topological polar surface area (TPSA) is 58.0 Å². The summed E-state index contributed by atoms with van der Waals surface area (Å²) in [5.74, 6) is 0.381. The first kappa shape index (κ1) is 21.3. The highest BCUT2D eigenvalue weighted by Crippen LogP contribution is 2.33. The maximum absolute atomic E-state index is 12.9. The summed E-state index contributed by atoms with van der Waals surface area (Å²) in [7, 11) is 2.93. The molecule has 3 heterocycles. The lowest BCUT2D eigenvalue weighted by Crippen LogP contribution is -2.17. The first-order chi connectivity index (χ1) is 14.0. The molecule has 0 fully saturated rings. The van der Waals surface area contributed by atoms with Gasteiger partial charge >= 0.3 is 12.4 Å². The van der Waals surface area contributed by atoms with Crippen LogP contribution in [0.2, 0.25) is 0 Å². The minimum Gasteiger partial charge on any atom is -0.313 e. The third-order valence-corrected chi connectivity index (χ3v) is 4.14. The average molecular weight is 428 g/mol. The Labute approximate surface area is 166 Å². The van der Waals surface area contributed by atoms with Crippen molar-refractivity contribution in [3.05, 3.63) is 60.2 Å². The second-order valence-corrected chi connectivity index (χ2v) is 6.15. The minimum absolute atomic E-state index is 0.000209. The third-order valence-electron chi connectivity index (χ3n) is 4.14. The molecule has 30 heavy (non-hydrogen) atoms. The minimum atomic E-state index is -4.52. The van der Waals surface area contributed by atoms with Crippen LogP contribution in [-0.4, -0.2) is 34.0 Å². The van der Waals surface area contributed by atoms with Crippen LogP contribution >= 0.6 is 0 Å². The lowest BCUT2D eigenvalue weighted by molar-refractivity contribution is -0.138. The van der Waals surface area contributed by atoms with Crippen molar-refractivity contribution in [3.63, 3.8) is 0 Å². The molecule has 0 saturated heterocycles. The largest absolute Gasteiger partial charge is 0.416 e. The zero-order valence-electron chi connectivity index (χ0n) is 15.6. The Kier molecular flexibility index (Phi) is 5.51. The summed E-state index contributed by atoms with van der Waals surface area (Å²) in [5, 5.41) is 0. The molecule has 0 bridgehead atoms. The zero-order chi connectivity index (χ0) is 22.1. The van der Waals surface area contributed by atoms with Crippen LogP contribution in [0.15, 0.2) is 49.1 Å². The van der Waals surface area contributed by atoms with Gasteiger partial charge in [0, 0.05) is 26.5 Å². The van der Waals surface area contributed by atoms with E-state index >= 15 is 0 Å². The molecule has 12 heteroatoms. The second-order valence-electron chi connectivity index (χ2n) is 6.15. The number of alkyl halides is 6. The van der Waals surface area contributed by atoms with E-state index in [2.05, 4.69) is 19.9 Å². The number of aromatic nitrogens is 4. The number of nitrogens with zero attached hydrogens (tertiary/aromatic N) is 6. The molecule has 3 rings (SSSR count). The van der Waals surface area contributed by atoms with Gasteiger partial charge in [-0.1, -0.05) is 0 Å². The molecule has 3 aromatic rings. The zero-order valence-corrected chi connectivity index (χ0v) is 15.6. The Morgan fingerprint density at radius 1 is 0.600 bits per heavy atom. The fourth-order valence-electron chi connectivity index (χ4n) is 2.45. The van der Waals surface area contributed by atoms with Crippen molar-refractivity contribution in [2.24, 2.45) is 0 Å². The van der Waals surface area contributed by atoms with Crippen LogP contribution in [0, 0.1) is 0 Å². The van der Waals surface area contributed by atoms with E-state index in [4.69, 9.17) is 0 Å². The van der Waals surface area contributed by atoms with E-state index in [0.29, 0.717) is 0 Å². The molecule has 6 nitrogen and oxygen atoms in total. The molecule has 0 N–H and O–H groups in total. The van der Waals surface area contributed by atoms with Gasteiger partial charge in [0.15, 0.2) is 11.6 Å². The quantitative estimate of drug-likeness (QED) is 0.555. The maximum atomic E-state index is 12.9. The smallest absolute Gasteiger partial charge is 0.313 e. The number of pyridine rings is 2. The van der Waals surface area contributed by atoms with Gasteiger partial charge in [-0.2, -0.15) is 26.3 Å². The van der Waals surface area contributed by atoms with E-state index in [9.17, 15) is 26.3 Å². The SMILES string of the molecule is CN(c1cnc(N(C)c2cc(C(F)(F)F)ccn2)cn1)c1cc(C(F)(F)F)ccn1. The van der Waals surface area contributed by atoms with Crippen molar-refractivity contribution < 1.29 is 26.3 Å².